The van der Waals surface area contributed by atoms with Gasteiger partial charge in [-0.15, -0.1) is 0 Å². The van der Waals surface area contributed by atoms with Crippen molar-refractivity contribution in [1.29, 1.82) is 0 Å². The fraction of sp³-hybridized carbons (Fsp3) is 0.111. The number of halogens is 1. The summed E-state index contributed by atoms with van der Waals surface area (Å²) in [6.07, 6.45) is 3.69. The zero-order valence-corrected chi connectivity index (χ0v) is 19.0. The molecule has 5 nitrogen and oxygen atoms in total. The van der Waals surface area contributed by atoms with Gasteiger partial charge in [-0.25, -0.2) is 0 Å². The number of fused-ring (bicyclic) bond motifs is 1. The molecule has 4 rings (SSSR count). The van der Waals surface area contributed by atoms with E-state index in [0.29, 0.717) is 17.1 Å². The SMILES string of the molecule is CCn1cc(C=C(NC(=O)c2ccccc2Cl)C(=O)NCc2ccccc2)c2ccccc21. The molecule has 4 aromatic rings. The number of aryl methyl sites for hydroxylation is 1. The lowest BCUT2D eigenvalue weighted by Crippen LogP contribution is -2.34. The van der Waals surface area contributed by atoms with E-state index in [4.69, 9.17) is 11.6 Å². The molecule has 0 spiro atoms. The van der Waals surface area contributed by atoms with Gasteiger partial charge in [0.2, 0.25) is 0 Å². The zero-order chi connectivity index (χ0) is 23.2. The van der Waals surface area contributed by atoms with Gasteiger partial charge in [0.1, 0.15) is 5.70 Å². The minimum atomic E-state index is -0.444. The van der Waals surface area contributed by atoms with Crippen molar-refractivity contribution in [2.45, 2.75) is 20.0 Å². The van der Waals surface area contributed by atoms with Gasteiger partial charge in [0, 0.05) is 35.8 Å². The topological polar surface area (TPSA) is 63.1 Å². The van der Waals surface area contributed by atoms with E-state index >= 15 is 0 Å². The second-order valence-corrected chi connectivity index (χ2v) is 7.96. The van der Waals surface area contributed by atoms with Crippen LogP contribution in [0.1, 0.15) is 28.4 Å². The molecule has 0 saturated carbocycles. The van der Waals surface area contributed by atoms with E-state index in [-0.39, 0.29) is 11.6 Å². The van der Waals surface area contributed by atoms with E-state index < -0.39 is 5.91 Å². The number of para-hydroxylation sites is 1. The van der Waals surface area contributed by atoms with Crippen LogP contribution in [0.4, 0.5) is 0 Å². The summed E-state index contributed by atoms with van der Waals surface area (Å²) in [5.41, 5.74) is 3.32. The third-order valence-corrected chi connectivity index (χ3v) is 5.70. The Morgan fingerprint density at radius 1 is 0.939 bits per heavy atom. The lowest BCUT2D eigenvalue weighted by Gasteiger charge is -2.12. The maximum absolute atomic E-state index is 13.2. The quantitative estimate of drug-likeness (QED) is 0.365. The number of carbonyl (C=O) groups excluding carboxylic acids is 2. The molecule has 1 aromatic heterocycles. The summed E-state index contributed by atoms with van der Waals surface area (Å²) in [5.74, 6) is -0.825. The highest BCUT2D eigenvalue weighted by atomic mass is 35.5. The Labute approximate surface area is 197 Å². The summed E-state index contributed by atoms with van der Waals surface area (Å²) in [6.45, 7) is 3.19. The lowest BCUT2D eigenvalue weighted by molar-refractivity contribution is -0.117. The number of benzene rings is 3. The van der Waals surface area contributed by atoms with E-state index in [1.54, 1.807) is 30.3 Å². The van der Waals surface area contributed by atoms with E-state index in [1.807, 2.05) is 60.8 Å². The third-order valence-electron chi connectivity index (χ3n) is 5.37. The number of amides is 2. The summed E-state index contributed by atoms with van der Waals surface area (Å²) < 4.78 is 2.11. The number of carbonyl (C=O) groups is 2. The molecule has 2 N–H and O–H groups in total. The van der Waals surface area contributed by atoms with Crippen LogP contribution in [0, 0.1) is 0 Å². The summed E-state index contributed by atoms with van der Waals surface area (Å²) >= 11 is 6.20. The molecule has 0 aliphatic heterocycles. The number of hydrogen-bond donors (Lipinski definition) is 2. The number of rotatable bonds is 7. The van der Waals surface area contributed by atoms with Crippen LogP contribution in [0.3, 0.4) is 0 Å². The minimum Gasteiger partial charge on any atom is -0.347 e. The molecule has 0 unspecified atom stereocenters. The van der Waals surface area contributed by atoms with E-state index in [9.17, 15) is 9.59 Å². The van der Waals surface area contributed by atoms with Crippen LogP contribution in [0.15, 0.2) is 90.8 Å². The Morgan fingerprint density at radius 3 is 2.39 bits per heavy atom. The van der Waals surface area contributed by atoms with Crippen LogP contribution in [0.25, 0.3) is 17.0 Å². The van der Waals surface area contributed by atoms with Crippen molar-refractivity contribution >= 4 is 40.4 Å². The molecule has 1 heterocycles. The summed E-state index contributed by atoms with van der Waals surface area (Å²) in [6, 6.07) is 24.3. The lowest BCUT2D eigenvalue weighted by atomic mass is 10.1. The van der Waals surface area contributed by atoms with Crippen molar-refractivity contribution in [1.82, 2.24) is 15.2 Å². The maximum atomic E-state index is 13.2. The van der Waals surface area contributed by atoms with Crippen molar-refractivity contribution in [2.24, 2.45) is 0 Å². The highest BCUT2D eigenvalue weighted by molar-refractivity contribution is 6.34. The van der Waals surface area contributed by atoms with E-state index in [1.165, 1.54) is 0 Å². The fourth-order valence-electron chi connectivity index (χ4n) is 3.67. The molecule has 0 atom stereocenters. The molecule has 0 aliphatic carbocycles. The molecule has 0 saturated heterocycles. The molecule has 33 heavy (non-hydrogen) atoms. The largest absolute Gasteiger partial charge is 0.347 e. The van der Waals surface area contributed by atoms with E-state index in [2.05, 4.69) is 22.1 Å². The van der Waals surface area contributed by atoms with Gasteiger partial charge in [0.15, 0.2) is 0 Å². The first-order valence-electron chi connectivity index (χ1n) is 10.7. The predicted molar refractivity (Wildman–Crippen MR) is 133 cm³/mol. The monoisotopic (exact) mass is 457 g/mol. The van der Waals surface area contributed by atoms with Crippen molar-refractivity contribution in [3.63, 3.8) is 0 Å². The summed E-state index contributed by atoms with van der Waals surface area (Å²) in [7, 11) is 0. The Balaban J connectivity index is 1.68. The molecule has 2 amide bonds. The van der Waals surface area contributed by atoms with Gasteiger partial charge in [-0.1, -0.05) is 72.3 Å². The number of aromatic nitrogens is 1. The Bertz CT molecular complexity index is 1330. The molecule has 0 aliphatic rings. The molecule has 0 bridgehead atoms. The molecule has 3 aromatic carbocycles. The van der Waals surface area contributed by atoms with Crippen molar-refractivity contribution in [3.8, 4) is 0 Å². The second kappa shape index (κ2) is 10.2. The fourth-order valence-corrected chi connectivity index (χ4v) is 3.90. The van der Waals surface area contributed by atoms with Crippen LogP contribution < -0.4 is 10.6 Å². The van der Waals surface area contributed by atoms with Crippen LogP contribution >= 0.6 is 11.6 Å². The number of hydrogen-bond acceptors (Lipinski definition) is 2. The molecular weight excluding hydrogens is 434 g/mol. The van der Waals surface area contributed by atoms with Crippen molar-refractivity contribution in [2.75, 3.05) is 0 Å². The van der Waals surface area contributed by atoms with Gasteiger partial charge in [0.25, 0.3) is 11.8 Å². The molecule has 0 fully saturated rings. The number of nitrogens with one attached hydrogen (secondary N) is 2. The average molecular weight is 458 g/mol. The Kier molecular flexibility index (Phi) is 6.91. The molecular formula is C27H24ClN3O2. The normalized spacial score (nSPS) is 11.4. The maximum Gasteiger partial charge on any atom is 0.268 e. The van der Waals surface area contributed by atoms with Gasteiger partial charge in [-0.3, -0.25) is 9.59 Å². The first kappa shape index (κ1) is 22.4. The Morgan fingerprint density at radius 2 is 1.64 bits per heavy atom. The summed E-state index contributed by atoms with van der Waals surface area (Å²) in [5, 5.41) is 6.99. The summed E-state index contributed by atoms with van der Waals surface area (Å²) in [4.78, 5) is 26.1. The van der Waals surface area contributed by atoms with Crippen molar-refractivity contribution < 1.29 is 9.59 Å². The second-order valence-electron chi connectivity index (χ2n) is 7.55. The van der Waals surface area contributed by atoms with Gasteiger partial charge >= 0.3 is 0 Å². The van der Waals surface area contributed by atoms with Crippen LogP contribution in [-0.4, -0.2) is 16.4 Å². The highest BCUT2D eigenvalue weighted by Gasteiger charge is 2.17. The minimum absolute atomic E-state index is 0.148. The first-order chi connectivity index (χ1) is 16.1. The van der Waals surface area contributed by atoms with Gasteiger partial charge < -0.3 is 15.2 Å². The Hall–Kier alpha value is -3.83. The predicted octanol–water partition coefficient (Wildman–Crippen LogP) is 5.40. The standard InChI is InChI=1S/C27H24ClN3O2/c1-2-31-18-20(21-12-7-9-15-25(21)31)16-24(27(33)29-17-19-10-4-3-5-11-19)30-26(32)22-13-6-8-14-23(22)28/h3-16,18H,2,17H2,1H3,(H,29,33)(H,30,32). The zero-order valence-electron chi connectivity index (χ0n) is 18.2. The van der Waals surface area contributed by atoms with E-state index in [0.717, 1.165) is 28.6 Å². The van der Waals surface area contributed by atoms with Gasteiger partial charge in [-0.2, -0.15) is 0 Å². The number of nitrogens with zero attached hydrogens (tertiary/aromatic N) is 1. The van der Waals surface area contributed by atoms with Gasteiger partial charge in [0.05, 0.1) is 10.6 Å². The van der Waals surface area contributed by atoms with Crippen LogP contribution in [0.5, 0.6) is 0 Å². The van der Waals surface area contributed by atoms with Gasteiger partial charge in [-0.05, 0) is 36.8 Å². The van der Waals surface area contributed by atoms with Crippen LogP contribution in [0.2, 0.25) is 5.02 Å². The van der Waals surface area contributed by atoms with Crippen molar-refractivity contribution in [3.05, 3.63) is 112 Å². The highest BCUT2D eigenvalue weighted by Crippen LogP contribution is 2.24. The molecule has 0 radical (unpaired) electrons. The van der Waals surface area contributed by atoms with Crippen LogP contribution in [-0.2, 0) is 17.9 Å². The average Bonchev–Trinajstić information content (AvgIpc) is 3.20. The first-order valence-corrected chi connectivity index (χ1v) is 11.1. The molecule has 6 heteroatoms. The smallest absolute Gasteiger partial charge is 0.268 e. The third kappa shape index (κ3) is 5.16. The molecule has 166 valence electrons.